The minimum atomic E-state index is -1.07. The van der Waals surface area contributed by atoms with Gasteiger partial charge in [0.1, 0.15) is 18.7 Å². The van der Waals surface area contributed by atoms with E-state index < -0.39 is 48.0 Å². The van der Waals surface area contributed by atoms with Gasteiger partial charge < -0.3 is 62.8 Å². The number of hydrogen-bond donors (Lipinski definition) is 9. The van der Waals surface area contributed by atoms with Crippen molar-refractivity contribution in [2.75, 3.05) is 67.3 Å². The number of alkyl carbamates (subject to hydrolysis) is 1. The first kappa shape index (κ1) is 56.8. The number of hydrogen-bond acceptors (Lipinski definition) is 16. The maximum atomic E-state index is 13.6. The normalized spacial score (nSPS) is 14.4. The van der Waals surface area contributed by atoms with Gasteiger partial charge in [0.05, 0.1) is 55.3 Å². The number of amides is 9. The molecule has 3 atom stereocenters. The first-order valence-corrected chi connectivity index (χ1v) is 25.0. The molecule has 1 fully saturated rings. The van der Waals surface area contributed by atoms with Gasteiger partial charge in [-0.1, -0.05) is 56.7 Å². The molecule has 0 bridgehead atoms. The Bertz CT molecular complexity index is 2700. The van der Waals surface area contributed by atoms with E-state index in [1.165, 1.54) is 18.3 Å². The van der Waals surface area contributed by atoms with Gasteiger partial charge in [-0.3, -0.25) is 38.7 Å². The van der Waals surface area contributed by atoms with Gasteiger partial charge in [-0.05, 0) is 67.3 Å². The number of unbranched alkanes of at least 4 members (excludes halogenated alkanes) is 2. The van der Waals surface area contributed by atoms with Crippen LogP contribution >= 0.6 is 0 Å². The zero-order valence-corrected chi connectivity index (χ0v) is 42.4. The lowest BCUT2D eigenvalue weighted by molar-refractivity contribution is -0.137. The van der Waals surface area contributed by atoms with Crippen LogP contribution in [-0.2, 0) is 46.5 Å². The molecule has 0 spiro atoms. The quantitative estimate of drug-likeness (QED) is 0.0322. The number of anilines is 4. The highest BCUT2D eigenvalue weighted by Crippen LogP contribution is 2.27. The summed E-state index contributed by atoms with van der Waals surface area (Å²) in [6.07, 6.45) is 8.64. The second-order valence-electron chi connectivity index (χ2n) is 18.4. The average Bonchev–Trinajstić information content (AvgIpc) is 3.73. The fraction of sp³-hybridized carbons (Fsp3) is 0.404. The molecule has 76 heavy (non-hydrogen) atoms. The van der Waals surface area contributed by atoms with Crippen molar-refractivity contribution in [2.45, 2.75) is 83.5 Å². The molecule has 1 unspecified atom stereocenters. The summed E-state index contributed by atoms with van der Waals surface area (Å²) in [7, 11) is 0. The van der Waals surface area contributed by atoms with Crippen LogP contribution in [0.25, 0.3) is 11.3 Å². The molecule has 4 heterocycles. The molecule has 2 aliphatic heterocycles. The number of pyridine rings is 1. The summed E-state index contributed by atoms with van der Waals surface area (Å²) in [6, 6.07) is 11.9. The second-order valence-corrected chi connectivity index (χ2v) is 18.4. The van der Waals surface area contributed by atoms with E-state index in [4.69, 9.17) is 20.9 Å². The van der Waals surface area contributed by atoms with Gasteiger partial charge in [0.25, 0.3) is 17.7 Å². The number of ether oxygens (including phenoxy) is 2. The van der Waals surface area contributed by atoms with E-state index in [0.29, 0.717) is 73.8 Å². The molecule has 9 amide bonds. The van der Waals surface area contributed by atoms with Gasteiger partial charge in [0, 0.05) is 62.2 Å². The molecule has 6 rings (SSSR count). The Morgan fingerprint density at radius 1 is 0.829 bits per heavy atom. The molecule has 2 aromatic carbocycles. The Morgan fingerprint density at radius 2 is 1.54 bits per heavy atom. The zero-order chi connectivity index (χ0) is 54.6. The summed E-state index contributed by atoms with van der Waals surface area (Å²) in [4.78, 5) is 117. The molecule has 1 saturated heterocycles. The van der Waals surface area contributed by atoms with Crippen LogP contribution in [-0.4, -0.2) is 137 Å². The van der Waals surface area contributed by atoms with Crippen LogP contribution in [0, 0.1) is 5.92 Å². The number of benzene rings is 2. The number of nitrogens with two attached hydrogens (primary N) is 2. The maximum absolute atomic E-state index is 13.6. The highest BCUT2D eigenvalue weighted by molar-refractivity contribution is 6.13. The Kier molecular flexibility index (Phi) is 21.1. The van der Waals surface area contributed by atoms with Crippen LogP contribution in [0.15, 0.2) is 85.3 Å². The highest BCUT2D eigenvalue weighted by atomic mass is 16.5. The summed E-state index contributed by atoms with van der Waals surface area (Å²) in [5, 5.41) is 26.4. The van der Waals surface area contributed by atoms with E-state index in [9.17, 15) is 43.5 Å². The van der Waals surface area contributed by atoms with Crippen LogP contribution in [0.3, 0.4) is 0 Å². The first-order valence-electron chi connectivity index (χ1n) is 25.0. The third kappa shape index (κ3) is 17.0. The Labute approximate surface area is 439 Å². The van der Waals surface area contributed by atoms with E-state index in [0.717, 1.165) is 16.2 Å². The standard InChI is InChI=1S/C52H65N13O11/c1-32(2)45(63-42(67)8-4-3-5-22-65-43(68)17-18-44(65)69)49(71)61-38(7-6-20-56-51(54)73)48(70)58-36-15-11-34(12-16-36)31-76-52(74)59-37(30-66)27-33-9-13-35(14-10-33)39-29-57-47(53)46(60-39)50(72)62-40-28-55-21-19-41(40)64-23-25-75-26-24-64/h9-19,21,28-29,32,37-38,45,66H,3-8,20,22-27,30-31H2,1-2H3,(H2,53,57)(H,58,70)(H,59,74)(H,61,71)(H,62,72)(H,63,67)(H3,54,56,73)/t37-,38+,45?/m1/s1. The van der Waals surface area contributed by atoms with Crippen molar-refractivity contribution in [1.82, 2.24) is 41.1 Å². The summed E-state index contributed by atoms with van der Waals surface area (Å²) in [6.45, 7) is 5.82. The van der Waals surface area contributed by atoms with Crippen LogP contribution in [0.4, 0.5) is 32.5 Å². The van der Waals surface area contributed by atoms with Crippen molar-refractivity contribution in [2.24, 2.45) is 11.7 Å². The number of nitrogens with zero attached hydrogens (tertiary/aromatic N) is 5. The van der Waals surface area contributed by atoms with Crippen LogP contribution in [0.2, 0.25) is 0 Å². The molecular weight excluding hydrogens is 983 g/mol. The van der Waals surface area contributed by atoms with Gasteiger partial charge in [0.2, 0.25) is 17.7 Å². The average molecular weight is 1050 g/mol. The number of morpholine rings is 1. The maximum Gasteiger partial charge on any atom is 0.407 e. The van der Waals surface area contributed by atoms with Gasteiger partial charge in [-0.2, -0.15) is 0 Å². The lowest BCUT2D eigenvalue weighted by Crippen LogP contribution is -2.54. The van der Waals surface area contributed by atoms with E-state index >= 15 is 0 Å². The number of aliphatic hydroxyl groups is 1. The van der Waals surface area contributed by atoms with E-state index in [1.807, 2.05) is 6.07 Å². The number of nitrogen functional groups attached to an aromatic ring is 1. The monoisotopic (exact) mass is 1050 g/mol. The SMILES string of the molecule is CC(C)C(NC(=O)CCCCCN1C(=O)C=CC1=O)C(=O)N[C@@H](CCCNC(N)=O)C(=O)Nc1ccc(COC(=O)N[C@@H](CO)Cc2ccc(-c3cnc(N)c(C(=O)Nc4cnccc4N4CCOCC4)n3)cc2)cc1. The summed E-state index contributed by atoms with van der Waals surface area (Å²) in [5.74, 6) is -3.19. The van der Waals surface area contributed by atoms with Gasteiger partial charge >= 0.3 is 12.1 Å². The van der Waals surface area contributed by atoms with Crippen molar-refractivity contribution in [3.63, 3.8) is 0 Å². The molecule has 2 aliphatic rings. The van der Waals surface area contributed by atoms with Crippen molar-refractivity contribution < 1.29 is 52.9 Å². The molecule has 0 radical (unpaired) electrons. The van der Waals surface area contributed by atoms with Crippen LogP contribution < -0.4 is 48.3 Å². The third-order valence-electron chi connectivity index (χ3n) is 12.3. The first-order chi connectivity index (χ1) is 36.6. The minimum absolute atomic E-state index is 0.0469. The molecule has 4 aromatic rings. The largest absolute Gasteiger partial charge is 0.445 e. The molecule has 0 aliphatic carbocycles. The van der Waals surface area contributed by atoms with Crippen molar-refractivity contribution >= 4 is 70.4 Å². The van der Waals surface area contributed by atoms with Crippen molar-refractivity contribution in [3.8, 4) is 11.3 Å². The molecular formula is C52H65N13O11. The number of aliphatic hydroxyl groups excluding tert-OH is 1. The molecule has 11 N–H and O–H groups in total. The van der Waals surface area contributed by atoms with Crippen molar-refractivity contribution in [3.05, 3.63) is 102 Å². The number of aromatic nitrogens is 3. The highest BCUT2D eigenvalue weighted by Gasteiger charge is 2.29. The van der Waals surface area contributed by atoms with E-state index in [1.54, 1.807) is 74.8 Å². The summed E-state index contributed by atoms with van der Waals surface area (Å²) < 4.78 is 10.9. The molecule has 24 nitrogen and oxygen atoms in total. The van der Waals surface area contributed by atoms with Crippen molar-refractivity contribution in [1.29, 1.82) is 0 Å². The Balaban J connectivity index is 0.961. The Hall–Kier alpha value is -8.51. The van der Waals surface area contributed by atoms with Crippen LogP contribution in [0.5, 0.6) is 0 Å². The summed E-state index contributed by atoms with van der Waals surface area (Å²) >= 11 is 0. The number of urea groups is 1. The molecule has 24 heteroatoms. The lowest BCUT2D eigenvalue weighted by Gasteiger charge is -2.30. The van der Waals surface area contributed by atoms with E-state index in [-0.39, 0.29) is 87.1 Å². The number of nitrogens with one attached hydrogen (secondary N) is 6. The number of rotatable bonds is 26. The third-order valence-corrected chi connectivity index (χ3v) is 12.3. The number of carbonyl (C=O) groups is 8. The topological polar surface area (TPSA) is 345 Å². The van der Waals surface area contributed by atoms with Crippen LogP contribution in [0.1, 0.15) is 74.0 Å². The number of primary amides is 1. The fourth-order valence-electron chi connectivity index (χ4n) is 8.19. The van der Waals surface area contributed by atoms with E-state index in [2.05, 4.69) is 51.8 Å². The predicted molar refractivity (Wildman–Crippen MR) is 280 cm³/mol. The summed E-state index contributed by atoms with van der Waals surface area (Å²) in [5.41, 5.74) is 15.3. The number of imide groups is 1. The molecule has 404 valence electrons. The van der Waals surface area contributed by atoms with Gasteiger partial charge in [-0.25, -0.2) is 19.6 Å². The fourth-order valence-corrected chi connectivity index (χ4v) is 8.19. The number of carbonyl (C=O) groups excluding carboxylic acids is 8. The predicted octanol–water partition coefficient (Wildman–Crippen LogP) is 2.54. The van der Waals surface area contributed by atoms with Gasteiger partial charge in [-0.15, -0.1) is 0 Å². The second kappa shape index (κ2) is 28.2. The Morgan fingerprint density at radius 3 is 2.22 bits per heavy atom. The zero-order valence-electron chi connectivity index (χ0n) is 42.4. The molecule has 0 saturated carbocycles. The lowest BCUT2D eigenvalue weighted by atomic mass is 10.0. The molecule has 2 aromatic heterocycles. The smallest absolute Gasteiger partial charge is 0.407 e. The van der Waals surface area contributed by atoms with Gasteiger partial charge in [0.15, 0.2) is 11.5 Å². The minimum Gasteiger partial charge on any atom is -0.445 e.